The summed E-state index contributed by atoms with van der Waals surface area (Å²) in [6, 6.07) is 4.97. The second-order valence-corrected chi connectivity index (χ2v) is 5.21. The Kier molecular flexibility index (Phi) is 4.75. The molecule has 1 heterocycles. The van der Waals surface area contributed by atoms with Gasteiger partial charge in [-0.05, 0) is 23.6 Å². The molecule has 0 radical (unpaired) electrons. The van der Waals surface area contributed by atoms with E-state index in [4.69, 9.17) is 11.6 Å². The van der Waals surface area contributed by atoms with Crippen LogP contribution in [0.3, 0.4) is 0 Å². The molecule has 8 heteroatoms. The largest absolute Gasteiger partial charge is 0.416 e. The smallest absolute Gasteiger partial charge is 0.382 e. The summed E-state index contributed by atoms with van der Waals surface area (Å²) in [5.74, 6) is -0.0716. The van der Waals surface area contributed by atoms with Crippen molar-refractivity contribution in [2.45, 2.75) is 19.0 Å². The number of halogens is 4. The van der Waals surface area contributed by atoms with Gasteiger partial charge in [0.05, 0.1) is 17.4 Å². The maximum atomic E-state index is 12.5. The van der Waals surface area contributed by atoms with Crippen LogP contribution in [0.25, 0.3) is 0 Å². The third kappa shape index (κ3) is 3.79. The van der Waals surface area contributed by atoms with E-state index < -0.39 is 17.3 Å². The number of aromatic amines is 1. The fourth-order valence-electron chi connectivity index (χ4n) is 1.89. The van der Waals surface area contributed by atoms with E-state index in [1.54, 1.807) is 0 Å². The van der Waals surface area contributed by atoms with Crippen LogP contribution < -0.4 is 10.9 Å². The number of H-pyrrole nitrogens is 1. The fraction of sp³-hybridized carbons (Fsp3) is 0.286. The summed E-state index contributed by atoms with van der Waals surface area (Å²) in [4.78, 5) is 11.3. The van der Waals surface area contributed by atoms with Gasteiger partial charge < -0.3 is 5.32 Å². The quantitative estimate of drug-likeness (QED) is 0.899. The number of nitrogens with one attached hydrogen (secondary N) is 2. The Morgan fingerprint density at radius 1 is 1.32 bits per heavy atom. The maximum absolute atomic E-state index is 12.5. The molecular weight excluding hydrogens is 319 g/mol. The SMILES string of the molecule is CC(CNc1cn[nH]c(=O)c1Cl)c1ccc(C(F)(F)F)cc1. The van der Waals surface area contributed by atoms with Crippen LogP contribution >= 0.6 is 11.6 Å². The molecule has 2 aromatic rings. The molecule has 0 aliphatic carbocycles. The van der Waals surface area contributed by atoms with E-state index in [2.05, 4.69) is 15.5 Å². The first-order valence-electron chi connectivity index (χ1n) is 6.43. The third-order valence-corrected chi connectivity index (χ3v) is 3.58. The molecule has 22 heavy (non-hydrogen) atoms. The molecule has 0 aliphatic heterocycles. The topological polar surface area (TPSA) is 57.8 Å². The van der Waals surface area contributed by atoms with Gasteiger partial charge in [0.2, 0.25) is 0 Å². The van der Waals surface area contributed by atoms with Crippen molar-refractivity contribution < 1.29 is 13.2 Å². The van der Waals surface area contributed by atoms with E-state index in [9.17, 15) is 18.0 Å². The van der Waals surface area contributed by atoms with Crippen LogP contribution in [-0.4, -0.2) is 16.7 Å². The monoisotopic (exact) mass is 331 g/mol. The zero-order chi connectivity index (χ0) is 16.3. The third-order valence-electron chi connectivity index (χ3n) is 3.20. The van der Waals surface area contributed by atoms with Crippen molar-refractivity contribution in [3.8, 4) is 0 Å². The minimum Gasteiger partial charge on any atom is -0.382 e. The Balaban J connectivity index is 2.05. The van der Waals surface area contributed by atoms with Crippen LogP contribution in [0.1, 0.15) is 24.0 Å². The van der Waals surface area contributed by atoms with Crippen LogP contribution in [0.15, 0.2) is 35.3 Å². The standard InChI is InChI=1S/C14H13ClF3N3O/c1-8(6-19-11-7-20-21-13(22)12(11)15)9-2-4-10(5-3-9)14(16,17)18/h2-5,7-8H,6H2,1H3,(H2,19,21,22). The number of hydrogen-bond donors (Lipinski definition) is 2. The highest BCUT2D eigenvalue weighted by Crippen LogP contribution is 2.30. The maximum Gasteiger partial charge on any atom is 0.416 e. The molecular formula is C14H13ClF3N3O. The number of nitrogens with zero attached hydrogens (tertiary/aromatic N) is 1. The molecule has 1 aromatic carbocycles. The first-order chi connectivity index (χ1) is 10.3. The van der Waals surface area contributed by atoms with Gasteiger partial charge in [0.25, 0.3) is 5.56 Å². The summed E-state index contributed by atoms with van der Waals surface area (Å²) in [6.45, 7) is 2.25. The highest BCUT2D eigenvalue weighted by atomic mass is 35.5. The molecule has 0 amide bonds. The number of benzene rings is 1. The fourth-order valence-corrected chi connectivity index (χ4v) is 2.05. The molecule has 2 N–H and O–H groups in total. The van der Waals surface area contributed by atoms with Gasteiger partial charge in [-0.3, -0.25) is 4.79 Å². The van der Waals surface area contributed by atoms with Gasteiger partial charge in [0, 0.05) is 6.54 Å². The van der Waals surface area contributed by atoms with Gasteiger partial charge in [0.1, 0.15) is 5.02 Å². The lowest BCUT2D eigenvalue weighted by Crippen LogP contribution is -2.15. The molecule has 4 nitrogen and oxygen atoms in total. The number of alkyl halides is 3. The van der Waals surface area contributed by atoms with Crippen molar-refractivity contribution in [2.24, 2.45) is 0 Å². The highest BCUT2D eigenvalue weighted by molar-refractivity contribution is 6.32. The second kappa shape index (κ2) is 6.39. The summed E-state index contributed by atoms with van der Waals surface area (Å²) in [6.07, 6.45) is -2.96. The summed E-state index contributed by atoms with van der Waals surface area (Å²) in [7, 11) is 0. The lowest BCUT2D eigenvalue weighted by atomic mass is 9.99. The Bertz CT molecular complexity index is 698. The Labute approximate surface area is 129 Å². The Morgan fingerprint density at radius 2 is 1.95 bits per heavy atom. The van der Waals surface area contributed by atoms with Gasteiger partial charge in [-0.15, -0.1) is 0 Å². The van der Waals surface area contributed by atoms with E-state index >= 15 is 0 Å². The summed E-state index contributed by atoms with van der Waals surface area (Å²) < 4.78 is 37.5. The van der Waals surface area contributed by atoms with Crippen LogP contribution in [0.4, 0.5) is 18.9 Å². The lowest BCUT2D eigenvalue weighted by molar-refractivity contribution is -0.137. The van der Waals surface area contributed by atoms with Crippen molar-refractivity contribution in [3.05, 3.63) is 57.0 Å². The average Bonchev–Trinajstić information content (AvgIpc) is 2.48. The molecule has 0 aliphatic rings. The Hall–Kier alpha value is -2.02. The highest BCUT2D eigenvalue weighted by Gasteiger charge is 2.30. The summed E-state index contributed by atoms with van der Waals surface area (Å²) >= 11 is 5.82. The zero-order valence-electron chi connectivity index (χ0n) is 11.5. The van der Waals surface area contributed by atoms with Crippen LogP contribution in [0.5, 0.6) is 0 Å². The first kappa shape index (κ1) is 16.4. The number of aromatic nitrogens is 2. The van der Waals surface area contributed by atoms with Gasteiger partial charge in [0.15, 0.2) is 0 Å². The van der Waals surface area contributed by atoms with E-state index in [1.165, 1.54) is 18.3 Å². The van der Waals surface area contributed by atoms with Gasteiger partial charge in [-0.1, -0.05) is 30.7 Å². The minimum absolute atomic E-state index is 0.00498. The molecule has 1 aromatic heterocycles. The Morgan fingerprint density at radius 3 is 2.55 bits per heavy atom. The number of anilines is 1. The minimum atomic E-state index is -4.34. The molecule has 1 unspecified atom stereocenters. The van der Waals surface area contributed by atoms with Crippen molar-refractivity contribution in [3.63, 3.8) is 0 Å². The van der Waals surface area contributed by atoms with E-state index in [-0.39, 0.29) is 10.9 Å². The van der Waals surface area contributed by atoms with E-state index in [1.807, 2.05) is 6.92 Å². The molecule has 118 valence electrons. The summed E-state index contributed by atoms with van der Waals surface area (Å²) in [5, 5.41) is 8.78. The first-order valence-corrected chi connectivity index (χ1v) is 6.81. The van der Waals surface area contributed by atoms with Gasteiger partial charge in [-0.25, -0.2) is 5.10 Å². The van der Waals surface area contributed by atoms with Gasteiger partial charge in [-0.2, -0.15) is 18.3 Å². The van der Waals surface area contributed by atoms with Crippen LogP contribution in [0, 0.1) is 0 Å². The summed E-state index contributed by atoms with van der Waals surface area (Å²) in [5.41, 5.74) is -0.0642. The molecule has 2 rings (SSSR count). The van der Waals surface area contributed by atoms with E-state index in [0.29, 0.717) is 12.2 Å². The molecule has 0 saturated heterocycles. The molecule has 0 spiro atoms. The number of rotatable bonds is 4. The molecule has 0 bridgehead atoms. The predicted octanol–water partition coefficient (Wildman–Crippen LogP) is 3.66. The van der Waals surface area contributed by atoms with Crippen molar-refractivity contribution in [2.75, 3.05) is 11.9 Å². The number of hydrogen-bond acceptors (Lipinski definition) is 3. The van der Waals surface area contributed by atoms with Crippen molar-refractivity contribution in [1.82, 2.24) is 10.2 Å². The normalized spacial score (nSPS) is 13.0. The molecule has 1 atom stereocenters. The van der Waals surface area contributed by atoms with Crippen molar-refractivity contribution >= 4 is 17.3 Å². The van der Waals surface area contributed by atoms with Crippen LogP contribution in [0.2, 0.25) is 5.02 Å². The predicted molar refractivity (Wildman–Crippen MR) is 78.2 cm³/mol. The van der Waals surface area contributed by atoms with Gasteiger partial charge >= 0.3 is 6.18 Å². The molecule has 0 fully saturated rings. The lowest BCUT2D eigenvalue weighted by Gasteiger charge is -2.15. The molecule has 0 saturated carbocycles. The van der Waals surface area contributed by atoms with E-state index in [0.717, 1.165) is 17.7 Å². The zero-order valence-corrected chi connectivity index (χ0v) is 12.3. The van der Waals surface area contributed by atoms with Crippen molar-refractivity contribution in [1.29, 1.82) is 0 Å². The second-order valence-electron chi connectivity index (χ2n) is 4.83. The average molecular weight is 332 g/mol. The van der Waals surface area contributed by atoms with Crippen LogP contribution in [-0.2, 0) is 6.18 Å².